The molecule has 0 aliphatic rings. The van der Waals surface area contributed by atoms with E-state index in [2.05, 4.69) is 15.8 Å². The lowest BCUT2D eigenvalue weighted by Gasteiger charge is -2.10. The minimum Gasteiger partial charge on any atom is -0.489 e. The summed E-state index contributed by atoms with van der Waals surface area (Å²) in [5.41, 5.74) is 5.69. The van der Waals surface area contributed by atoms with Crippen LogP contribution >= 0.6 is 0 Å². The summed E-state index contributed by atoms with van der Waals surface area (Å²) < 4.78 is 19.2. The second-order valence-corrected chi connectivity index (χ2v) is 6.87. The van der Waals surface area contributed by atoms with Crippen molar-refractivity contribution in [3.8, 4) is 5.75 Å². The molecule has 0 aromatic heterocycles. The van der Waals surface area contributed by atoms with Crippen molar-refractivity contribution in [1.82, 2.24) is 5.43 Å². The maximum absolute atomic E-state index is 13.6. The van der Waals surface area contributed by atoms with E-state index >= 15 is 0 Å². The van der Waals surface area contributed by atoms with Gasteiger partial charge in [0.25, 0.3) is 0 Å². The number of hydrazone groups is 1. The number of para-hydroxylation sites is 1. The molecule has 7 heteroatoms. The quantitative estimate of drug-likeness (QED) is 0.359. The number of ether oxygens (including phenoxy) is 1. The molecule has 3 aromatic carbocycles. The Balaban J connectivity index is 1.50. The third-order valence-corrected chi connectivity index (χ3v) is 4.54. The van der Waals surface area contributed by atoms with Crippen LogP contribution in [0.25, 0.3) is 0 Å². The van der Waals surface area contributed by atoms with Crippen LogP contribution < -0.4 is 15.5 Å². The molecule has 0 atom stereocenters. The zero-order chi connectivity index (χ0) is 22.2. The highest BCUT2D eigenvalue weighted by molar-refractivity contribution is 6.39. The van der Waals surface area contributed by atoms with Gasteiger partial charge in [0.15, 0.2) is 0 Å². The number of halogens is 1. The molecule has 0 aliphatic carbocycles. The number of anilines is 1. The number of rotatable bonds is 6. The molecule has 0 aliphatic heterocycles. The van der Waals surface area contributed by atoms with Crippen molar-refractivity contribution in [2.45, 2.75) is 20.5 Å². The Morgan fingerprint density at radius 1 is 0.935 bits per heavy atom. The van der Waals surface area contributed by atoms with Gasteiger partial charge in [-0.05, 0) is 60.9 Å². The second-order valence-electron chi connectivity index (χ2n) is 6.87. The van der Waals surface area contributed by atoms with Crippen LogP contribution in [0.5, 0.6) is 5.75 Å². The monoisotopic (exact) mass is 419 g/mol. The Morgan fingerprint density at radius 3 is 2.29 bits per heavy atom. The minimum absolute atomic E-state index is 0.117. The van der Waals surface area contributed by atoms with Crippen LogP contribution in [0.3, 0.4) is 0 Å². The summed E-state index contributed by atoms with van der Waals surface area (Å²) in [5.74, 6) is -1.42. The molecule has 0 saturated heterocycles. The fraction of sp³-hybridized carbons (Fsp3) is 0.125. The van der Waals surface area contributed by atoms with Gasteiger partial charge < -0.3 is 10.1 Å². The van der Waals surface area contributed by atoms with Crippen molar-refractivity contribution in [1.29, 1.82) is 0 Å². The van der Waals surface area contributed by atoms with Crippen LogP contribution in [0, 0.1) is 19.7 Å². The number of carbonyl (C=O) groups is 2. The molecular formula is C24H22FN3O3. The topological polar surface area (TPSA) is 79.8 Å². The molecule has 0 unspecified atom stereocenters. The van der Waals surface area contributed by atoms with Crippen LogP contribution in [0.4, 0.5) is 10.1 Å². The van der Waals surface area contributed by atoms with Crippen molar-refractivity contribution >= 4 is 23.7 Å². The van der Waals surface area contributed by atoms with E-state index in [0.717, 1.165) is 11.1 Å². The van der Waals surface area contributed by atoms with E-state index in [0.29, 0.717) is 22.6 Å². The molecule has 3 rings (SSSR count). The molecule has 0 saturated carbocycles. The predicted molar refractivity (Wildman–Crippen MR) is 117 cm³/mol. The molecule has 0 heterocycles. The first-order valence-electron chi connectivity index (χ1n) is 9.61. The largest absolute Gasteiger partial charge is 0.489 e. The van der Waals surface area contributed by atoms with E-state index in [1.807, 2.05) is 32.0 Å². The summed E-state index contributed by atoms with van der Waals surface area (Å²) >= 11 is 0. The number of hydrogen-bond acceptors (Lipinski definition) is 4. The van der Waals surface area contributed by atoms with Gasteiger partial charge >= 0.3 is 11.8 Å². The van der Waals surface area contributed by atoms with Crippen molar-refractivity contribution in [2.24, 2.45) is 5.10 Å². The third-order valence-electron chi connectivity index (χ3n) is 4.54. The summed E-state index contributed by atoms with van der Waals surface area (Å²) in [6.07, 6.45) is 1.41. The summed E-state index contributed by atoms with van der Waals surface area (Å²) in [4.78, 5) is 24.1. The molecule has 6 nitrogen and oxygen atoms in total. The third kappa shape index (κ3) is 5.99. The second kappa shape index (κ2) is 10.2. The average Bonchev–Trinajstić information content (AvgIpc) is 2.76. The van der Waals surface area contributed by atoms with Gasteiger partial charge in [0, 0.05) is 11.3 Å². The molecule has 31 heavy (non-hydrogen) atoms. The Morgan fingerprint density at radius 2 is 1.61 bits per heavy atom. The van der Waals surface area contributed by atoms with Crippen LogP contribution in [0.1, 0.15) is 22.3 Å². The van der Waals surface area contributed by atoms with Gasteiger partial charge in [-0.2, -0.15) is 5.10 Å². The molecule has 0 radical (unpaired) electrons. The van der Waals surface area contributed by atoms with E-state index < -0.39 is 11.8 Å². The summed E-state index contributed by atoms with van der Waals surface area (Å²) in [5, 5.41) is 6.41. The van der Waals surface area contributed by atoms with Crippen LogP contribution in [0.2, 0.25) is 0 Å². The molecular weight excluding hydrogens is 397 g/mol. The predicted octanol–water partition coefficient (Wildman–Crippen LogP) is 4.11. The number of aryl methyl sites for hydroxylation is 2. The zero-order valence-electron chi connectivity index (χ0n) is 17.2. The van der Waals surface area contributed by atoms with Gasteiger partial charge in [0.1, 0.15) is 18.2 Å². The number of nitrogens with one attached hydrogen (secondary N) is 2. The summed E-state index contributed by atoms with van der Waals surface area (Å²) in [6, 6.07) is 18.9. The Hall–Kier alpha value is -4.00. The van der Waals surface area contributed by atoms with E-state index in [-0.39, 0.29) is 12.4 Å². The Bertz CT molecular complexity index is 1090. The highest BCUT2D eigenvalue weighted by atomic mass is 19.1. The van der Waals surface area contributed by atoms with E-state index in [9.17, 15) is 14.0 Å². The van der Waals surface area contributed by atoms with E-state index in [1.54, 1.807) is 42.5 Å². The summed E-state index contributed by atoms with van der Waals surface area (Å²) in [6.45, 7) is 3.82. The van der Waals surface area contributed by atoms with E-state index in [4.69, 9.17) is 4.74 Å². The van der Waals surface area contributed by atoms with Gasteiger partial charge in [0.05, 0.1) is 6.21 Å². The highest BCUT2D eigenvalue weighted by Gasteiger charge is 2.15. The Kier molecular flexibility index (Phi) is 7.11. The maximum Gasteiger partial charge on any atom is 0.329 e. The zero-order valence-corrected chi connectivity index (χ0v) is 17.2. The number of carbonyl (C=O) groups excluding carboxylic acids is 2. The maximum atomic E-state index is 13.6. The fourth-order valence-electron chi connectivity index (χ4n) is 2.82. The first-order chi connectivity index (χ1) is 14.9. The van der Waals surface area contributed by atoms with Gasteiger partial charge in [0.2, 0.25) is 0 Å². The fourth-order valence-corrected chi connectivity index (χ4v) is 2.82. The van der Waals surface area contributed by atoms with Crippen molar-refractivity contribution < 1.29 is 18.7 Å². The molecule has 158 valence electrons. The number of amides is 2. The first kappa shape index (κ1) is 21.7. The molecule has 0 bridgehead atoms. The smallest absolute Gasteiger partial charge is 0.329 e. The van der Waals surface area contributed by atoms with Crippen molar-refractivity contribution in [3.05, 3.63) is 94.8 Å². The number of hydrogen-bond donors (Lipinski definition) is 2. The standard InChI is InChI=1S/C24H22FN3O3/c1-16-6-5-7-17(2)22(16)27-23(29)24(30)28-26-14-18-10-12-20(13-11-18)31-15-19-8-3-4-9-21(19)25/h3-14H,15H2,1-2H3,(H,27,29)(H,28,30)/b26-14+. The summed E-state index contributed by atoms with van der Waals surface area (Å²) in [7, 11) is 0. The molecule has 0 spiro atoms. The Labute approximate surface area is 179 Å². The van der Waals surface area contributed by atoms with Gasteiger partial charge in [-0.1, -0.05) is 36.4 Å². The van der Waals surface area contributed by atoms with Crippen molar-refractivity contribution in [2.75, 3.05) is 5.32 Å². The average molecular weight is 419 g/mol. The van der Waals surface area contributed by atoms with Crippen LogP contribution in [-0.4, -0.2) is 18.0 Å². The lowest BCUT2D eigenvalue weighted by atomic mass is 10.1. The first-order valence-corrected chi connectivity index (χ1v) is 9.61. The lowest BCUT2D eigenvalue weighted by molar-refractivity contribution is -0.136. The molecule has 0 fully saturated rings. The van der Waals surface area contributed by atoms with Crippen LogP contribution in [0.15, 0.2) is 71.8 Å². The molecule has 2 N–H and O–H groups in total. The number of benzene rings is 3. The normalized spacial score (nSPS) is 10.7. The van der Waals surface area contributed by atoms with E-state index in [1.165, 1.54) is 12.3 Å². The van der Waals surface area contributed by atoms with Crippen molar-refractivity contribution in [3.63, 3.8) is 0 Å². The van der Waals surface area contributed by atoms with Crippen LogP contribution in [-0.2, 0) is 16.2 Å². The number of nitrogens with zero attached hydrogens (tertiary/aromatic N) is 1. The van der Waals surface area contributed by atoms with Gasteiger partial charge in [-0.15, -0.1) is 0 Å². The SMILES string of the molecule is Cc1cccc(C)c1NC(=O)C(=O)N/N=C/c1ccc(OCc2ccccc2F)cc1. The lowest BCUT2D eigenvalue weighted by Crippen LogP contribution is -2.32. The van der Waals surface area contributed by atoms with Gasteiger partial charge in [-0.3, -0.25) is 9.59 Å². The minimum atomic E-state index is -0.872. The molecule has 3 aromatic rings. The van der Waals surface area contributed by atoms with Gasteiger partial charge in [-0.25, -0.2) is 9.82 Å². The highest BCUT2D eigenvalue weighted by Crippen LogP contribution is 2.19. The molecule has 2 amide bonds.